The number of unbranched alkanes of at least 4 members (excludes halogenated alkanes) is 1. The summed E-state index contributed by atoms with van der Waals surface area (Å²) in [4.78, 5) is 22.3. The number of nitrogens with one attached hydrogen (secondary N) is 2. The molecule has 0 spiro atoms. The number of carbonyl (C=O) groups excluding carboxylic acids is 2. The van der Waals surface area contributed by atoms with Gasteiger partial charge in [-0.2, -0.15) is 0 Å². The van der Waals surface area contributed by atoms with E-state index in [1.165, 1.54) is 0 Å². The third-order valence-corrected chi connectivity index (χ3v) is 2.14. The van der Waals surface area contributed by atoms with Crippen LogP contribution in [0.1, 0.15) is 53.9 Å². The molecule has 0 fully saturated rings. The summed E-state index contributed by atoms with van der Waals surface area (Å²) in [6, 6.07) is -0.159. The molecular formula is C14H30N2O3. The fourth-order valence-corrected chi connectivity index (χ4v) is 1.05. The molecule has 0 saturated heterocycles. The fourth-order valence-electron chi connectivity index (χ4n) is 1.05. The van der Waals surface area contributed by atoms with Crippen molar-refractivity contribution >= 4 is 12.0 Å². The van der Waals surface area contributed by atoms with E-state index in [0.717, 1.165) is 12.8 Å². The summed E-state index contributed by atoms with van der Waals surface area (Å²) in [5.41, 5.74) is 0. The topological polar surface area (TPSA) is 67.4 Å². The molecular weight excluding hydrogens is 244 g/mol. The molecule has 114 valence electrons. The first-order valence-corrected chi connectivity index (χ1v) is 7.26. The Balaban J connectivity index is 0. The molecule has 0 radical (unpaired) electrons. The lowest BCUT2D eigenvalue weighted by molar-refractivity contribution is -0.147. The highest BCUT2D eigenvalue weighted by Gasteiger charge is 2.07. The van der Waals surface area contributed by atoms with Crippen molar-refractivity contribution in [1.82, 2.24) is 10.6 Å². The zero-order valence-corrected chi connectivity index (χ0v) is 13.0. The maximum Gasteiger partial charge on any atom is 0.314 e. The molecule has 0 unspecified atom stereocenters. The molecule has 0 aromatic carbocycles. The number of amides is 2. The number of esters is 1. The van der Waals surface area contributed by atoms with Gasteiger partial charge in [0.1, 0.15) is 0 Å². The Kier molecular flexibility index (Phi) is 15.6. The maximum atomic E-state index is 11.2. The van der Waals surface area contributed by atoms with Crippen molar-refractivity contribution in [1.29, 1.82) is 0 Å². The summed E-state index contributed by atoms with van der Waals surface area (Å²) in [5, 5.41) is 5.45. The SMILES string of the molecule is CC.CCCCNC(=O)NCCCOC(=O)C(C)C. The van der Waals surface area contributed by atoms with Crippen LogP contribution in [0.25, 0.3) is 0 Å². The zero-order valence-electron chi connectivity index (χ0n) is 13.0. The van der Waals surface area contributed by atoms with Gasteiger partial charge < -0.3 is 15.4 Å². The van der Waals surface area contributed by atoms with E-state index in [1.54, 1.807) is 13.8 Å². The van der Waals surface area contributed by atoms with Crippen molar-refractivity contribution in [3.63, 3.8) is 0 Å². The van der Waals surface area contributed by atoms with Crippen LogP contribution in [0.4, 0.5) is 4.79 Å². The lowest BCUT2D eigenvalue weighted by atomic mass is 10.2. The Hall–Kier alpha value is -1.26. The van der Waals surface area contributed by atoms with Gasteiger partial charge in [-0.25, -0.2) is 4.79 Å². The Morgan fingerprint density at radius 3 is 2.05 bits per heavy atom. The molecule has 5 nitrogen and oxygen atoms in total. The first-order chi connectivity index (χ1) is 9.07. The maximum absolute atomic E-state index is 11.2. The van der Waals surface area contributed by atoms with Crippen LogP contribution in [-0.2, 0) is 9.53 Å². The molecule has 2 amide bonds. The zero-order chi connectivity index (χ0) is 15.1. The van der Waals surface area contributed by atoms with E-state index in [9.17, 15) is 9.59 Å². The van der Waals surface area contributed by atoms with Gasteiger partial charge in [-0.1, -0.05) is 41.0 Å². The summed E-state index contributed by atoms with van der Waals surface area (Å²) in [6.07, 6.45) is 2.69. The molecule has 0 rings (SSSR count). The molecule has 0 aliphatic heterocycles. The molecule has 19 heavy (non-hydrogen) atoms. The molecule has 0 aromatic rings. The van der Waals surface area contributed by atoms with Crippen LogP contribution in [-0.4, -0.2) is 31.7 Å². The largest absolute Gasteiger partial charge is 0.465 e. The van der Waals surface area contributed by atoms with Gasteiger partial charge in [0, 0.05) is 13.1 Å². The number of ether oxygens (including phenoxy) is 1. The van der Waals surface area contributed by atoms with E-state index >= 15 is 0 Å². The standard InChI is InChI=1S/C12H24N2O3.C2H6/c1-4-5-7-13-12(16)14-8-6-9-17-11(15)10(2)3;1-2/h10H,4-9H2,1-3H3,(H2,13,14,16);1-2H3. The van der Waals surface area contributed by atoms with Crippen molar-refractivity contribution in [2.75, 3.05) is 19.7 Å². The molecule has 0 saturated carbocycles. The number of hydrogen-bond acceptors (Lipinski definition) is 3. The van der Waals surface area contributed by atoms with Crippen LogP contribution < -0.4 is 10.6 Å². The van der Waals surface area contributed by atoms with Crippen LogP contribution in [0.15, 0.2) is 0 Å². The monoisotopic (exact) mass is 274 g/mol. The van der Waals surface area contributed by atoms with Gasteiger partial charge >= 0.3 is 12.0 Å². The normalized spacial score (nSPS) is 9.37. The number of urea groups is 1. The lowest BCUT2D eigenvalue weighted by Gasteiger charge is -2.08. The predicted molar refractivity (Wildman–Crippen MR) is 78.1 cm³/mol. The van der Waals surface area contributed by atoms with E-state index in [2.05, 4.69) is 17.6 Å². The van der Waals surface area contributed by atoms with Gasteiger partial charge in [-0.3, -0.25) is 4.79 Å². The Labute approximate surface area is 117 Å². The highest BCUT2D eigenvalue weighted by molar-refractivity contribution is 5.73. The average molecular weight is 274 g/mol. The first kappa shape index (κ1) is 20.1. The molecule has 0 aliphatic carbocycles. The number of carbonyl (C=O) groups is 2. The number of rotatable bonds is 8. The molecule has 0 aliphatic rings. The van der Waals surface area contributed by atoms with E-state index in [1.807, 2.05) is 13.8 Å². The predicted octanol–water partition coefficient (Wildman–Crippen LogP) is 2.70. The first-order valence-electron chi connectivity index (χ1n) is 7.26. The van der Waals surface area contributed by atoms with Crippen LogP contribution in [0.5, 0.6) is 0 Å². The molecule has 0 bridgehead atoms. The highest BCUT2D eigenvalue weighted by atomic mass is 16.5. The molecule has 5 heteroatoms. The van der Waals surface area contributed by atoms with Gasteiger partial charge in [-0.05, 0) is 12.8 Å². The molecule has 0 aromatic heterocycles. The minimum Gasteiger partial charge on any atom is -0.465 e. The van der Waals surface area contributed by atoms with Crippen molar-refractivity contribution in [3.05, 3.63) is 0 Å². The number of hydrogen-bond donors (Lipinski definition) is 2. The molecule has 0 atom stereocenters. The summed E-state index contributed by atoms with van der Waals surface area (Å²) < 4.78 is 4.97. The second-order valence-electron chi connectivity index (χ2n) is 4.21. The van der Waals surface area contributed by atoms with Crippen molar-refractivity contribution in [2.24, 2.45) is 5.92 Å². The third kappa shape index (κ3) is 14.7. The van der Waals surface area contributed by atoms with E-state index < -0.39 is 0 Å². The van der Waals surface area contributed by atoms with Crippen molar-refractivity contribution in [2.45, 2.75) is 53.9 Å². The van der Waals surface area contributed by atoms with Gasteiger partial charge in [0.15, 0.2) is 0 Å². The van der Waals surface area contributed by atoms with E-state index in [0.29, 0.717) is 26.1 Å². The Morgan fingerprint density at radius 2 is 1.58 bits per heavy atom. The Morgan fingerprint density at radius 1 is 1.05 bits per heavy atom. The Bertz CT molecular complexity index is 231. The summed E-state index contributed by atoms with van der Waals surface area (Å²) in [6.45, 7) is 11.2. The minimum absolute atomic E-state index is 0.0969. The smallest absolute Gasteiger partial charge is 0.314 e. The summed E-state index contributed by atoms with van der Waals surface area (Å²) in [7, 11) is 0. The average Bonchev–Trinajstić information content (AvgIpc) is 2.40. The second kappa shape index (κ2) is 14.8. The van der Waals surface area contributed by atoms with Crippen LogP contribution in [0.3, 0.4) is 0 Å². The molecule has 2 N–H and O–H groups in total. The quantitative estimate of drug-likeness (QED) is 0.528. The second-order valence-corrected chi connectivity index (χ2v) is 4.21. The highest BCUT2D eigenvalue weighted by Crippen LogP contribution is 1.95. The minimum atomic E-state index is -0.197. The van der Waals surface area contributed by atoms with E-state index in [4.69, 9.17) is 4.74 Å². The van der Waals surface area contributed by atoms with Gasteiger partial charge in [0.2, 0.25) is 0 Å². The van der Waals surface area contributed by atoms with E-state index in [-0.39, 0.29) is 17.9 Å². The lowest BCUT2D eigenvalue weighted by Crippen LogP contribution is -2.36. The van der Waals surface area contributed by atoms with Gasteiger partial charge in [0.05, 0.1) is 12.5 Å². The third-order valence-electron chi connectivity index (χ3n) is 2.14. The van der Waals surface area contributed by atoms with Crippen LogP contribution >= 0.6 is 0 Å². The fraction of sp³-hybridized carbons (Fsp3) is 0.857. The van der Waals surface area contributed by atoms with Crippen LogP contribution in [0.2, 0.25) is 0 Å². The van der Waals surface area contributed by atoms with Crippen LogP contribution in [0, 0.1) is 5.92 Å². The van der Waals surface area contributed by atoms with Crippen molar-refractivity contribution in [3.8, 4) is 0 Å². The van der Waals surface area contributed by atoms with Gasteiger partial charge in [-0.15, -0.1) is 0 Å². The molecule has 0 heterocycles. The van der Waals surface area contributed by atoms with Gasteiger partial charge in [0.25, 0.3) is 0 Å². The van der Waals surface area contributed by atoms with Crippen molar-refractivity contribution < 1.29 is 14.3 Å². The summed E-state index contributed by atoms with van der Waals surface area (Å²) >= 11 is 0. The summed E-state index contributed by atoms with van der Waals surface area (Å²) in [5.74, 6) is -0.294.